The number of carbonyl (C=O) groups is 1. The first-order valence-corrected chi connectivity index (χ1v) is 11.5. The fourth-order valence-electron chi connectivity index (χ4n) is 4.15. The number of amides is 1. The number of rotatable bonds is 10. The van der Waals surface area contributed by atoms with Crippen molar-refractivity contribution < 1.29 is 23.7 Å². The van der Waals surface area contributed by atoms with Crippen LogP contribution in [0.4, 0.5) is 0 Å². The minimum atomic E-state index is -0.0634. The lowest BCUT2D eigenvalue weighted by molar-refractivity contribution is -0.0465. The molecule has 7 nitrogen and oxygen atoms in total. The van der Waals surface area contributed by atoms with Crippen LogP contribution in [0.25, 0.3) is 0 Å². The second-order valence-corrected chi connectivity index (χ2v) is 8.33. The van der Waals surface area contributed by atoms with Crippen molar-refractivity contribution >= 4 is 5.91 Å². The first-order chi connectivity index (χ1) is 16.0. The Balaban J connectivity index is 1.70. The van der Waals surface area contributed by atoms with Crippen LogP contribution in [0.15, 0.2) is 42.5 Å². The quantitative estimate of drug-likeness (QED) is 0.541. The van der Waals surface area contributed by atoms with Gasteiger partial charge in [-0.05, 0) is 43.2 Å². The Labute approximate surface area is 197 Å². The highest BCUT2D eigenvalue weighted by Crippen LogP contribution is 2.28. The van der Waals surface area contributed by atoms with Gasteiger partial charge in [0.05, 0.1) is 39.6 Å². The van der Waals surface area contributed by atoms with Gasteiger partial charge in [-0.2, -0.15) is 0 Å². The summed E-state index contributed by atoms with van der Waals surface area (Å²) in [5.74, 6) is 2.02. The van der Waals surface area contributed by atoms with E-state index in [4.69, 9.17) is 18.9 Å². The zero-order chi connectivity index (χ0) is 23.8. The number of methoxy groups -OCH3 is 3. The van der Waals surface area contributed by atoms with E-state index in [1.165, 1.54) is 0 Å². The van der Waals surface area contributed by atoms with Gasteiger partial charge in [-0.1, -0.05) is 25.1 Å². The zero-order valence-electron chi connectivity index (χ0n) is 20.4. The highest BCUT2D eigenvalue weighted by Gasteiger charge is 2.29. The summed E-state index contributed by atoms with van der Waals surface area (Å²) in [7, 11) is 4.88. The Morgan fingerprint density at radius 1 is 1.09 bits per heavy atom. The molecule has 1 aliphatic rings. The van der Waals surface area contributed by atoms with Crippen LogP contribution < -0.4 is 14.2 Å². The van der Waals surface area contributed by atoms with E-state index in [0.717, 1.165) is 43.1 Å². The molecule has 0 saturated carbocycles. The number of ether oxygens (including phenoxy) is 4. The predicted molar refractivity (Wildman–Crippen MR) is 128 cm³/mol. The van der Waals surface area contributed by atoms with Crippen molar-refractivity contribution in [2.24, 2.45) is 0 Å². The highest BCUT2D eigenvalue weighted by molar-refractivity contribution is 5.97. The first-order valence-electron chi connectivity index (χ1n) is 11.5. The lowest BCUT2D eigenvalue weighted by atomic mass is 10.1. The van der Waals surface area contributed by atoms with Crippen molar-refractivity contribution in [3.05, 3.63) is 53.6 Å². The van der Waals surface area contributed by atoms with Crippen molar-refractivity contribution in [1.82, 2.24) is 9.80 Å². The molecule has 33 heavy (non-hydrogen) atoms. The van der Waals surface area contributed by atoms with E-state index in [9.17, 15) is 4.79 Å². The van der Waals surface area contributed by atoms with E-state index in [-0.39, 0.29) is 18.1 Å². The molecule has 3 rings (SSSR count). The van der Waals surface area contributed by atoms with Crippen LogP contribution >= 0.6 is 0 Å². The van der Waals surface area contributed by atoms with Crippen LogP contribution in [0.1, 0.15) is 36.2 Å². The van der Waals surface area contributed by atoms with Crippen molar-refractivity contribution in [2.75, 3.05) is 47.6 Å². The molecule has 2 aromatic rings. The summed E-state index contributed by atoms with van der Waals surface area (Å²) in [6.07, 6.45) is 0.801. The van der Waals surface area contributed by atoms with Gasteiger partial charge >= 0.3 is 0 Å². The van der Waals surface area contributed by atoms with E-state index in [0.29, 0.717) is 24.5 Å². The lowest BCUT2D eigenvalue weighted by Gasteiger charge is -2.38. The van der Waals surface area contributed by atoms with Crippen molar-refractivity contribution in [1.29, 1.82) is 0 Å². The van der Waals surface area contributed by atoms with Crippen LogP contribution in [-0.2, 0) is 11.3 Å². The van der Waals surface area contributed by atoms with E-state index in [1.54, 1.807) is 21.3 Å². The number of morpholine rings is 1. The summed E-state index contributed by atoms with van der Waals surface area (Å²) in [5.41, 5.74) is 1.73. The van der Waals surface area contributed by atoms with Gasteiger partial charge in [-0.15, -0.1) is 0 Å². The van der Waals surface area contributed by atoms with Crippen LogP contribution in [0, 0.1) is 0 Å². The molecular weight excluding hydrogens is 420 g/mol. The SMILES string of the molecule is CCC(C)N(CC1CN(Cc2ccc(OC)c(OC)c2)CCO1)C(=O)c1ccccc1OC. The second kappa shape index (κ2) is 11.9. The van der Waals surface area contributed by atoms with Gasteiger partial charge in [0.1, 0.15) is 5.75 Å². The molecule has 2 unspecified atom stereocenters. The fourth-order valence-corrected chi connectivity index (χ4v) is 4.15. The molecular formula is C26H36N2O5. The fraction of sp³-hybridized carbons (Fsp3) is 0.500. The summed E-state index contributed by atoms with van der Waals surface area (Å²) < 4.78 is 22.3. The summed E-state index contributed by atoms with van der Waals surface area (Å²) in [6, 6.07) is 13.5. The molecule has 0 bridgehead atoms. The number of hydrogen-bond donors (Lipinski definition) is 0. The molecule has 1 fully saturated rings. The standard InChI is InChI=1S/C26H36N2O5/c1-6-19(2)28(26(29)22-9-7-8-10-23(22)30-3)18-21-17-27(13-14-33-21)16-20-11-12-24(31-4)25(15-20)32-5/h7-12,15,19,21H,6,13-14,16-18H2,1-5H3. The molecule has 0 aromatic heterocycles. The van der Waals surface area contributed by atoms with Crippen molar-refractivity contribution in [3.8, 4) is 17.2 Å². The van der Waals surface area contributed by atoms with Gasteiger partial charge in [0, 0.05) is 32.2 Å². The minimum absolute atomic E-state index is 0.0255. The van der Waals surface area contributed by atoms with Crippen LogP contribution in [-0.4, -0.2) is 75.4 Å². The number of carbonyl (C=O) groups excluding carboxylic acids is 1. The average Bonchev–Trinajstić information content (AvgIpc) is 2.86. The van der Waals surface area contributed by atoms with E-state index >= 15 is 0 Å². The van der Waals surface area contributed by atoms with Crippen LogP contribution in [0.3, 0.4) is 0 Å². The normalized spacial score (nSPS) is 17.3. The maximum Gasteiger partial charge on any atom is 0.257 e. The molecule has 1 heterocycles. The third-order valence-corrected chi connectivity index (χ3v) is 6.20. The molecule has 2 aromatic carbocycles. The molecule has 0 aliphatic carbocycles. The number of benzene rings is 2. The smallest absolute Gasteiger partial charge is 0.257 e. The molecule has 180 valence electrons. The van der Waals surface area contributed by atoms with Crippen molar-refractivity contribution in [2.45, 2.75) is 39.0 Å². The highest BCUT2D eigenvalue weighted by atomic mass is 16.5. The van der Waals surface area contributed by atoms with Gasteiger partial charge in [-0.25, -0.2) is 0 Å². The van der Waals surface area contributed by atoms with E-state index < -0.39 is 0 Å². The minimum Gasteiger partial charge on any atom is -0.496 e. The number of hydrogen-bond acceptors (Lipinski definition) is 6. The molecule has 2 atom stereocenters. The van der Waals surface area contributed by atoms with Gasteiger partial charge in [-0.3, -0.25) is 9.69 Å². The molecule has 7 heteroatoms. The largest absolute Gasteiger partial charge is 0.496 e. The van der Waals surface area contributed by atoms with Gasteiger partial charge in [0.2, 0.25) is 0 Å². The molecule has 1 amide bonds. The Kier molecular flexibility index (Phi) is 8.97. The summed E-state index contributed by atoms with van der Waals surface area (Å²) in [5, 5.41) is 0. The Hall–Kier alpha value is -2.77. The van der Waals surface area contributed by atoms with Gasteiger partial charge < -0.3 is 23.8 Å². The monoisotopic (exact) mass is 456 g/mol. The van der Waals surface area contributed by atoms with Gasteiger partial charge in [0.25, 0.3) is 5.91 Å². The van der Waals surface area contributed by atoms with E-state index in [2.05, 4.69) is 24.8 Å². The third-order valence-electron chi connectivity index (χ3n) is 6.20. The number of nitrogens with zero attached hydrogens (tertiary/aromatic N) is 2. The Morgan fingerprint density at radius 2 is 1.82 bits per heavy atom. The summed E-state index contributed by atoms with van der Waals surface area (Å²) in [4.78, 5) is 17.7. The Morgan fingerprint density at radius 3 is 2.52 bits per heavy atom. The first kappa shape index (κ1) is 24.9. The lowest BCUT2D eigenvalue weighted by Crippen LogP contribution is -2.50. The van der Waals surface area contributed by atoms with Gasteiger partial charge in [0.15, 0.2) is 11.5 Å². The number of para-hydroxylation sites is 1. The molecule has 0 N–H and O–H groups in total. The average molecular weight is 457 g/mol. The summed E-state index contributed by atoms with van der Waals surface area (Å²) >= 11 is 0. The van der Waals surface area contributed by atoms with Crippen molar-refractivity contribution in [3.63, 3.8) is 0 Å². The maximum absolute atomic E-state index is 13.5. The predicted octanol–water partition coefficient (Wildman–Crippen LogP) is 3.85. The molecule has 0 spiro atoms. The summed E-state index contributed by atoms with van der Waals surface area (Å²) in [6.45, 7) is 7.72. The van der Waals surface area contributed by atoms with Crippen LogP contribution in [0.5, 0.6) is 17.2 Å². The maximum atomic E-state index is 13.5. The second-order valence-electron chi connectivity index (χ2n) is 8.33. The molecule has 1 aliphatic heterocycles. The zero-order valence-corrected chi connectivity index (χ0v) is 20.4. The molecule has 1 saturated heterocycles. The third kappa shape index (κ3) is 6.18. The Bertz CT molecular complexity index is 919. The van der Waals surface area contributed by atoms with Crippen LogP contribution in [0.2, 0.25) is 0 Å². The molecule has 0 radical (unpaired) electrons. The van der Waals surface area contributed by atoms with E-state index in [1.807, 2.05) is 41.3 Å². The topological polar surface area (TPSA) is 60.5 Å².